The van der Waals surface area contributed by atoms with E-state index in [1.807, 2.05) is 13.0 Å². The quantitative estimate of drug-likeness (QED) is 0.760. The molecular weight excluding hydrogens is 290 g/mol. The van der Waals surface area contributed by atoms with Gasteiger partial charge in [-0.3, -0.25) is 9.88 Å². The number of pyridine rings is 1. The summed E-state index contributed by atoms with van der Waals surface area (Å²) < 4.78 is 5.51. The first-order chi connectivity index (χ1) is 11.3. The van der Waals surface area contributed by atoms with Crippen molar-refractivity contribution in [2.75, 3.05) is 44.3 Å². The molecule has 1 unspecified atom stereocenters. The maximum Gasteiger partial charge on any atom is 0.180 e. The van der Waals surface area contributed by atoms with Crippen LogP contribution in [0.3, 0.4) is 0 Å². The SMILES string of the molecule is CCOCCN1CCN(c2ccc3nccnc3n2)CC1CC. The predicted octanol–water partition coefficient (Wildman–Crippen LogP) is 1.96. The minimum absolute atomic E-state index is 0.545. The molecule has 1 aliphatic rings. The molecule has 2 aromatic rings. The highest BCUT2D eigenvalue weighted by atomic mass is 16.5. The van der Waals surface area contributed by atoms with E-state index in [0.29, 0.717) is 6.04 Å². The van der Waals surface area contributed by atoms with Gasteiger partial charge >= 0.3 is 0 Å². The molecule has 0 aromatic carbocycles. The molecule has 0 amide bonds. The van der Waals surface area contributed by atoms with Gasteiger partial charge in [0.15, 0.2) is 5.65 Å². The van der Waals surface area contributed by atoms with Crippen LogP contribution < -0.4 is 4.90 Å². The van der Waals surface area contributed by atoms with E-state index in [1.165, 1.54) is 0 Å². The Labute approximate surface area is 137 Å². The topological polar surface area (TPSA) is 54.4 Å². The Balaban J connectivity index is 1.69. The number of aromatic nitrogens is 3. The number of piperazine rings is 1. The van der Waals surface area contributed by atoms with Gasteiger partial charge in [-0.05, 0) is 25.5 Å². The summed E-state index contributed by atoms with van der Waals surface area (Å²) in [5.41, 5.74) is 1.57. The lowest BCUT2D eigenvalue weighted by Crippen LogP contribution is -2.54. The molecule has 0 saturated carbocycles. The fourth-order valence-corrected chi connectivity index (χ4v) is 3.13. The Morgan fingerprint density at radius 2 is 2.04 bits per heavy atom. The summed E-state index contributed by atoms with van der Waals surface area (Å²) in [5, 5.41) is 0. The van der Waals surface area contributed by atoms with E-state index in [2.05, 4.69) is 37.7 Å². The fraction of sp³-hybridized carbons (Fsp3) is 0.588. The van der Waals surface area contributed by atoms with Crippen LogP contribution in [0, 0.1) is 0 Å². The van der Waals surface area contributed by atoms with Crippen molar-refractivity contribution < 1.29 is 4.74 Å². The van der Waals surface area contributed by atoms with Gasteiger partial charge in [-0.2, -0.15) is 0 Å². The molecule has 2 aromatic heterocycles. The van der Waals surface area contributed by atoms with Crippen LogP contribution >= 0.6 is 0 Å². The smallest absolute Gasteiger partial charge is 0.180 e. The number of anilines is 1. The number of rotatable bonds is 6. The highest BCUT2D eigenvalue weighted by Crippen LogP contribution is 2.20. The van der Waals surface area contributed by atoms with Crippen molar-refractivity contribution in [2.45, 2.75) is 26.3 Å². The molecule has 3 rings (SSSR count). The van der Waals surface area contributed by atoms with Crippen molar-refractivity contribution in [1.29, 1.82) is 0 Å². The minimum atomic E-state index is 0.545. The first-order valence-electron chi connectivity index (χ1n) is 8.46. The van der Waals surface area contributed by atoms with E-state index in [9.17, 15) is 0 Å². The number of ether oxygens (including phenoxy) is 1. The van der Waals surface area contributed by atoms with Crippen molar-refractivity contribution in [3.8, 4) is 0 Å². The molecule has 124 valence electrons. The molecule has 1 saturated heterocycles. The normalized spacial score (nSPS) is 19.4. The molecule has 1 aliphatic heterocycles. The van der Waals surface area contributed by atoms with Crippen LogP contribution in [0.1, 0.15) is 20.3 Å². The summed E-state index contributed by atoms with van der Waals surface area (Å²) in [5.74, 6) is 1.00. The van der Waals surface area contributed by atoms with Crippen molar-refractivity contribution in [2.24, 2.45) is 0 Å². The van der Waals surface area contributed by atoms with Gasteiger partial charge in [0.05, 0.1) is 6.61 Å². The molecule has 0 aliphatic carbocycles. The third-order valence-corrected chi connectivity index (χ3v) is 4.44. The van der Waals surface area contributed by atoms with Crippen molar-refractivity contribution >= 4 is 17.0 Å². The van der Waals surface area contributed by atoms with Gasteiger partial charge in [-0.25, -0.2) is 9.97 Å². The van der Waals surface area contributed by atoms with Crippen LogP contribution in [-0.2, 0) is 4.74 Å². The molecule has 1 fully saturated rings. The highest BCUT2D eigenvalue weighted by molar-refractivity contribution is 5.71. The third-order valence-electron chi connectivity index (χ3n) is 4.44. The fourth-order valence-electron chi connectivity index (χ4n) is 3.13. The zero-order chi connectivity index (χ0) is 16.1. The number of hydrogen-bond donors (Lipinski definition) is 0. The second kappa shape index (κ2) is 7.66. The first kappa shape index (κ1) is 16.1. The Bertz CT molecular complexity index is 635. The largest absolute Gasteiger partial charge is 0.380 e. The Morgan fingerprint density at radius 3 is 2.87 bits per heavy atom. The van der Waals surface area contributed by atoms with Gasteiger partial charge in [0.2, 0.25) is 0 Å². The monoisotopic (exact) mass is 315 g/mol. The second-order valence-corrected chi connectivity index (χ2v) is 5.81. The van der Waals surface area contributed by atoms with Gasteiger partial charge in [-0.15, -0.1) is 0 Å². The second-order valence-electron chi connectivity index (χ2n) is 5.81. The zero-order valence-electron chi connectivity index (χ0n) is 14.0. The molecule has 0 radical (unpaired) electrons. The lowest BCUT2D eigenvalue weighted by Gasteiger charge is -2.41. The van der Waals surface area contributed by atoms with Gasteiger partial charge in [0.1, 0.15) is 11.3 Å². The van der Waals surface area contributed by atoms with E-state index >= 15 is 0 Å². The number of hydrogen-bond acceptors (Lipinski definition) is 6. The molecule has 23 heavy (non-hydrogen) atoms. The maximum atomic E-state index is 5.51. The van der Waals surface area contributed by atoms with Crippen molar-refractivity contribution in [3.05, 3.63) is 24.5 Å². The minimum Gasteiger partial charge on any atom is -0.380 e. The molecule has 0 bridgehead atoms. The van der Waals surface area contributed by atoms with Crippen LogP contribution in [0.4, 0.5) is 5.82 Å². The predicted molar refractivity (Wildman–Crippen MR) is 91.7 cm³/mol. The Hall–Kier alpha value is -1.79. The van der Waals surface area contributed by atoms with E-state index in [1.54, 1.807) is 12.4 Å². The summed E-state index contributed by atoms with van der Waals surface area (Å²) in [6, 6.07) is 4.61. The van der Waals surface area contributed by atoms with Crippen molar-refractivity contribution in [1.82, 2.24) is 19.9 Å². The molecule has 6 heteroatoms. The van der Waals surface area contributed by atoms with Crippen LogP contribution in [0.2, 0.25) is 0 Å². The average Bonchev–Trinajstić information content (AvgIpc) is 2.61. The molecule has 0 N–H and O–H groups in total. The zero-order valence-corrected chi connectivity index (χ0v) is 14.0. The molecular formula is C17H25N5O. The summed E-state index contributed by atoms with van der Waals surface area (Å²) in [6.07, 6.45) is 4.53. The van der Waals surface area contributed by atoms with Crippen LogP contribution in [0.15, 0.2) is 24.5 Å². The maximum absolute atomic E-state index is 5.51. The van der Waals surface area contributed by atoms with Crippen LogP contribution in [-0.4, -0.2) is 65.3 Å². The van der Waals surface area contributed by atoms with Crippen LogP contribution in [0.25, 0.3) is 11.2 Å². The number of fused-ring (bicyclic) bond motifs is 1. The summed E-state index contributed by atoms with van der Waals surface area (Å²) in [4.78, 5) is 18.2. The van der Waals surface area contributed by atoms with E-state index < -0.39 is 0 Å². The highest BCUT2D eigenvalue weighted by Gasteiger charge is 2.26. The van der Waals surface area contributed by atoms with Crippen LogP contribution in [0.5, 0.6) is 0 Å². The lowest BCUT2D eigenvalue weighted by atomic mass is 10.1. The lowest BCUT2D eigenvalue weighted by molar-refractivity contribution is 0.0869. The van der Waals surface area contributed by atoms with Gasteiger partial charge in [-0.1, -0.05) is 6.92 Å². The van der Waals surface area contributed by atoms with Gasteiger partial charge in [0.25, 0.3) is 0 Å². The van der Waals surface area contributed by atoms with Gasteiger partial charge in [0, 0.05) is 51.2 Å². The van der Waals surface area contributed by atoms with E-state index in [0.717, 1.165) is 62.8 Å². The van der Waals surface area contributed by atoms with Gasteiger partial charge < -0.3 is 9.64 Å². The number of nitrogens with zero attached hydrogens (tertiary/aromatic N) is 5. The average molecular weight is 315 g/mol. The van der Waals surface area contributed by atoms with E-state index in [-0.39, 0.29) is 0 Å². The first-order valence-corrected chi connectivity index (χ1v) is 8.46. The molecule has 6 nitrogen and oxygen atoms in total. The Kier molecular flexibility index (Phi) is 5.35. The molecule has 0 spiro atoms. The summed E-state index contributed by atoms with van der Waals surface area (Å²) in [7, 11) is 0. The third kappa shape index (κ3) is 3.76. The Morgan fingerprint density at radius 1 is 1.17 bits per heavy atom. The van der Waals surface area contributed by atoms with E-state index in [4.69, 9.17) is 4.74 Å². The summed E-state index contributed by atoms with van der Waals surface area (Å²) >= 11 is 0. The van der Waals surface area contributed by atoms with Crippen molar-refractivity contribution in [3.63, 3.8) is 0 Å². The standard InChI is InChI=1S/C17H25N5O/c1-3-14-13-22(10-9-21(14)11-12-23-4-2)16-6-5-15-17(20-16)19-8-7-18-15/h5-8,14H,3-4,9-13H2,1-2H3. The summed E-state index contributed by atoms with van der Waals surface area (Å²) in [6.45, 7) is 9.95. The molecule has 1 atom stereocenters. The molecule has 3 heterocycles.